The van der Waals surface area contributed by atoms with Crippen molar-refractivity contribution >= 4 is 0 Å². The fraction of sp³-hybridized carbons (Fsp3) is 0.737. The van der Waals surface area contributed by atoms with E-state index in [9.17, 15) is 0 Å². The van der Waals surface area contributed by atoms with Crippen LogP contribution in [0.15, 0.2) is 30.3 Å². The molecule has 2 nitrogen and oxygen atoms in total. The van der Waals surface area contributed by atoms with Crippen molar-refractivity contribution in [3.63, 3.8) is 0 Å². The molecule has 1 aromatic rings. The van der Waals surface area contributed by atoms with Crippen LogP contribution in [0.5, 0.6) is 0 Å². The Balaban J connectivity index is 0. The summed E-state index contributed by atoms with van der Waals surface area (Å²) in [4.78, 5) is 0. The van der Waals surface area contributed by atoms with E-state index in [1.54, 1.807) is 0 Å². The van der Waals surface area contributed by atoms with Crippen LogP contribution in [0, 0.1) is 52.8 Å². The van der Waals surface area contributed by atoms with E-state index in [0.29, 0.717) is 36.3 Å². The minimum Gasteiger partial charge on any atom is -0.375 e. The van der Waals surface area contributed by atoms with Gasteiger partial charge in [0.25, 0.3) is 0 Å². The maximum atomic E-state index is 5.62. The number of rotatable bonds is 7. The highest BCUT2D eigenvalue weighted by molar-refractivity contribution is 5.14. The predicted molar refractivity (Wildman–Crippen MR) is 178 cm³/mol. The third kappa shape index (κ3) is 30.8. The van der Waals surface area contributed by atoms with Gasteiger partial charge < -0.3 is 9.47 Å². The fourth-order valence-corrected chi connectivity index (χ4v) is 3.42. The summed E-state index contributed by atoms with van der Waals surface area (Å²) < 4.78 is 11.2. The number of ether oxygens (including phenoxy) is 2. The molecule has 2 rings (SSSR count). The van der Waals surface area contributed by atoms with E-state index in [2.05, 4.69) is 158 Å². The van der Waals surface area contributed by atoms with Crippen molar-refractivity contribution in [2.45, 2.75) is 154 Å². The minimum absolute atomic E-state index is 0.171. The molecule has 1 saturated carbocycles. The van der Waals surface area contributed by atoms with Crippen LogP contribution in [-0.2, 0) is 15.9 Å². The number of hydrogen-bond acceptors (Lipinski definition) is 2. The molecule has 0 amide bonds. The van der Waals surface area contributed by atoms with Gasteiger partial charge in [0.05, 0.1) is 24.4 Å². The van der Waals surface area contributed by atoms with Crippen molar-refractivity contribution in [3.8, 4) is 23.7 Å². The Morgan fingerprint density at radius 3 is 1.43 bits per heavy atom. The standard InChI is InChI=1S/C10H20O2.C10H14.2C9H16/c1-7(2)11-9-5-10(6-9)12-8(3)4;1-9(2)8-10-6-4-3-5-7-10;1-8(2)6-7-9(3,4)5;1-8(2)6-5-7-9(3)4/h7-10H,5-6H2,1-4H3;3-7,9H,8H2,1-2H3;8H,1-5H3;8-9H,6H2,1-4H3. The third-order valence-corrected chi connectivity index (χ3v) is 5.10. The average Bonchev–Trinajstić information content (AvgIpc) is 2.76. The lowest BCUT2D eigenvalue weighted by atomic mass is 9.91. The molecule has 0 aliphatic heterocycles. The Morgan fingerprint density at radius 2 is 1.12 bits per heavy atom. The van der Waals surface area contributed by atoms with Crippen molar-refractivity contribution in [3.05, 3.63) is 35.9 Å². The van der Waals surface area contributed by atoms with Gasteiger partial charge in [0.15, 0.2) is 0 Å². The Bertz CT molecular complexity index is 813. The summed E-state index contributed by atoms with van der Waals surface area (Å²) in [5.41, 5.74) is 1.61. The molecule has 0 spiro atoms. The topological polar surface area (TPSA) is 18.5 Å². The first kappa shape index (κ1) is 40.4. The molecule has 1 aromatic carbocycles. The van der Waals surface area contributed by atoms with Crippen LogP contribution in [0.4, 0.5) is 0 Å². The first-order valence-electron chi connectivity index (χ1n) is 15.8. The van der Waals surface area contributed by atoms with Gasteiger partial charge in [0.2, 0.25) is 0 Å². The van der Waals surface area contributed by atoms with E-state index < -0.39 is 0 Å². The maximum Gasteiger partial charge on any atom is 0.0628 e. The van der Waals surface area contributed by atoms with Gasteiger partial charge in [-0.1, -0.05) is 97.6 Å². The molecule has 0 radical (unpaired) electrons. The summed E-state index contributed by atoms with van der Waals surface area (Å²) in [5, 5.41) is 0. The second-order valence-corrected chi connectivity index (χ2v) is 13.9. The van der Waals surface area contributed by atoms with E-state index in [1.165, 1.54) is 12.0 Å². The SMILES string of the molecule is CC(C)C#CC(C)(C)C.CC(C)C#CCC(C)C.CC(C)Cc1ccccc1.CC(C)OC1CC(OC(C)C)C1. The van der Waals surface area contributed by atoms with Crippen LogP contribution in [0.25, 0.3) is 0 Å². The predicted octanol–water partition coefficient (Wildman–Crippen LogP) is 10.6. The van der Waals surface area contributed by atoms with E-state index in [0.717, 1.165) is 31.1 Å². The van der Waals surface area contributed by atoms with Crippen molar-refractivity contribution < 1.29 is 9.47 Å². The fourth-order valence-electron chi connectivity index (χ4n) is 3.42. The molecule has 0 atom stereocenters. The lowest BCUT2D eigenvalue weighted by Crippen LogP contribution is -2.40. The zero-order chi connectivity index (χ0) is 31.3. The van der Waals surface area contributed by atoms with Gasteiger partial charge in [-0.25, -0.2) is 0 Å². The molecule has 0 N–H and O–H groups in total. The summed E-state index contributed by atoms with van der Waals surface area (Å²) in [6.45, 7) is 32.0. The molecule has 0 heterocycles. The smallest absolute Gasteiger partial charge is 0.0628 e. The molecular weight excluding hydrogens is 488 g/mol. The van der Waals surface area contributed by atoms with Crippen LogP contribution < -0.4 is 0 Å². The Morgan fingerprint density at radius 1 is 0.675 bits per heavy atom. The molecule has 1 aliphatic rings. The number of benzene rings is 1. The first-order chi connectivity index (χ1) is 18.4. The summed E-state index contributed by atoms with van der Waals surface area (Å²) >= 11 is 0. The Kier molecular flexibility index (Phi) is 23.1. The van der Waals surface area contributed by atoms with Gasteiger partial charge in [0, 0.05) is 23.7 Å². The molecule has 1 aliphatic carbocycles. The Labute approximate surface area is 251 Å². The molecule has 0 saturated heterocycles. The highest BCUT2D eigenvalue weighted by Crippen LogP contribution is 2.28. The van der Waals surface area contributed by atoms with Crippen LogP contribution in [0.2, 0.25) is 0 Å². The highest BCUT2D eigenvalue weighted by Gasteiger charge is 2.31. The lowest BCUT2D eigenvalue weighted by Gasteiger charge is -2.37. The van der Waals surface area contributed by atoms with Gasteiger partial charge in [-0.15, -0.1) is 11.8 Å². The van der Waals surface area contributed by atoms with Gasteiger partial charge in [-0.05, 0) is 85.1 Å². The zero-order valence-electron chi connectivity index (χ0n) is 29.2. The van der Waals surface area contributed by atoms with Crippen molar-refractivity contribution in [1.82, 2.24) is 0 Å². The maximum absolute atomic E-state index is 5.62. The largest absolute Gasteiger partial charge is 0.375 e. The summed E-state index contributed by atoms with van der Waals surface area (Å²) in [6.07, 6.45) is 6.01. The minimum atomic E-state index is 0.171. The summed E-state index contributed by atoms with van der Waals surface area (Å²) in [5.74, 6) is 15.1. The van der Waals surface area contributed by atoms with Crippen LogP contribution in [-0.4, -0.2) is 24.4 Å². The van der Waals surface area contributed by atoms with Gasteiger partial charge in [-0.3, -0.25) is 0 Å². The van der Waals surface area contributed by atoms with E-state index in [4.69, 9.17) is 9.47 Å². The van der Waals surface area contributed by atoms with Crippen LogP contribution >= 0.6 is 0 Å². The Hall–Kier alpha value is -1.74. The molecule has 230 valence electrons. The van der Waals surface area contributed by atoms with Crippen LogP contribution in [0.3, 0.4) is 0 Å². The quantitative estimate of drug-likeness (QED) is 0.312. The van der Waals surface area contributed by atoms with E-state index in [1.807, 2.05) is 0 Å². The molecule has 2 heteroatoms. The van der Waals surface area contributed by atoms with Gasteiger partial charge in [-0.2, -0.15) is 0 Å². The van der Waals surface area contributed by atoms with Gasteiger partial charge >= 0.3 is 0 Å². The molecule has 0 aromatic heterocycles. The van der Waals surface area contributed by atoms with Gasteiger partial charge in [0.1, 0.15) is 0 Å². The second-order valence-electron chi connectivity index (χ2n) is 13.9. The van der Waals surface area contributed by atoms with Crippen molar-refractivity contribution in [2.75, 3.05) is 0 Å². The normalized spacial score (nSPS) is 16.0. The number of hydrogen-bond donors (Lipinski definition) is 0. The molecule has 40 heavy (non-hydrogen) atoms. The summed E-state index contributed by atoms with van der Waals surface area (Å²) in [7, 11) is 0. The first-order valence-corrected chi connectivity index (χ1v) is 15.8. The second kappa shape index (κ2) is 22.9. The molecule has 0 unspecified atom stereocenters. The third-order valence-electron chi connectivity index (χ3n) is 5.10. The lowest BCUT2D eigenvalue weighted by molar-refractivity contribution is -0.131. The molecule has 0 bridgehead atoms. The molecular formula is C38H66O2. The van der Waals surface area contributed by atoms with Crippen molar-refractivity contribution in [2.24, 2.45) is 29.1 Å². The monoisotopic (exact) mass is 555 g/mol. The van der Waals surface area contributed by atoms with E-state index >= 15 is 0 Å². The van der Waals surface area contributed by atoms with Crippen LogP contribution in [0.1, 0.15) is 129 Å². The zero-order valence-corrected chi connectivity index (χ0v) is 29.2. The summed E-state index contributed by atoms with van der Waals surface area (Å²) in [6, 6.07) is 10.6. The molecule has 1 fully saturated rings. The van der Waals surface area contributed by atoms with Crippen molar-refractivity contribution in [1.29, 1.82) is 0 Å². The highest BCUT2D eigenvalue weighted by atomic mass is 16.5. The van der Waals surface area contributed by atoms with E-state index in [-0.39, 0.29) is 5.41 Å². The average molecular weight is 555 g/mol.